The highest BCUT2D eigenvalue weighted by Gasteiger charge is 2.62. The molecule has 1 spiro atoms. The number of likely N-dealkylation sites (tertiary alicyclic amines) is 1. The molecule has 3 aliphatic heterocycles. The number of ether oxygens (including phenoxy) is 1. The number of nitrogens with one attached hydrogen (secondary N) is 1. The van der Waals surface area contributed by atoms with Crippen LogP contribution in [0.25, 0.3) is 10.6 Å². The number of thiazole rings is 1. The van der Waals surface area contributed by atoms with Crippen molar-refractivity contribution in [2.45, 2.75) is 38.0 Å². The monoisotopic (exact) mass is 383 g/mol. The van der Waals surface area contributed by atoms with Gasteiger partial charge in [0.25, 0.3) is 0 Å². The molecular weight excluding hydrogens is 358 g/mol. The Kier molecular flexibility index (Phi) is 4.30. The molecule has 6 heteroatoms. The Bertz CT molecular complexity index is 839. The molecule has 3 saturated heterocycles. The number of carbonyl (C=O) groups is 1. The molecule has 0 radical (unpaired) electrons. The largest absolute Gasteiger partial charge is 0.370 e. The van der Waals surface area contributed by atoms with Crippen molar-refractivity contribution in [3.63, 3.8) is 0 Å². The third kappa shape index (κ3) is 3.10. The Balaban J connectivity index is 1.27. The molecule has 4 atom stereocenters. The van der Waals surface area contributed by atoms with E-state index in [1.807, 2.05) is 12.3 Å². The highest BCUT2D eigenvalue weighted by molar-refractivity contribution is 7.15. The van der Waals surface area contributed by atoms with Crippen LogP contribution >= 0.6 is 11.3 Å². The SMILES string of the molecule is CC(=O)NC[C@H]1[C@H]2CN(Cc3cnc(-c4ccccc4)s3)C[C@]23CC[C@H]1O3. The van der Waals surface area contributed by atoms with E-state index in [0.29, 0.717) is 17.9 Å². The standard InChI is InChI=1S/C21H25N3O2S/c1-14(25)22-10-17-18-12-24(13-21(18)8-7-19(17)26-21)11-16-9-23-20(27-16)15-5-3-2-4-6-15/h2-6,9,17-19H,7-8,10-13H2,1H3,(H,22,25)/t17-,18+,19+,21+/m0/s1. The van der Waals surface area contributed by atoms with E-state index < -0.39 is 0 Å². The second-order valence-corrected chi connectivity index (χ2v) is 9.25. The molecule has 2 bridgehead atoms. The Morgan fingerprint density at radius 3 is 3.07 bits per heavy atom. The average molecular weight is 384 g/mol. The molecule has 0 unspecified atom stereocenters. The predicted octanol–water partition coefficient (Wildman–Crippen LogP) is 2.93. The zero-order valence-corrected chi connectivity index (χ0v) is 16.4. The molecule has 27 heavy (non-hydrogen) atoms. The van der Waals surface area contributed by atoms with Crippen molar-refractivity contribution in [1.29, 1.82) is 0 Å². The van der Waals surface area contributed by atoms with E-state index in [1.54, 1.807) is 18.3 Å². The third-order valence-corrected chi connectivity index (χ3v) is 7.43. The number of aromatic nitrogens is 1. The second kappa shape index (κ2) is 6.69. The first-order valence-electron chi connectivity index (χ1n) is 9.78. The number of hydrogen-bond donors (Lipinski definition) is 1. The lowest BCUT2D eigenvalue weighted by Crippen LogP contribution is -2.41. The van der Waals surface area contributed by atoms with Gasteiger partial charge in [-0.1, -0.05) is 30.3 Å². The van der Waals surface area contributed by atoms with Gasteiger partial charge in [0.2, 0.25) is 5.91 Å². The van der Waals surface area contributed by atoms with E-state index in [9.17, 15) is 4.79 Å². The van der Waals surface area contributed by atoms with Crippen LogP contribution in [-0.2, 0) is 16.1 Å². The molecule has 4 heterocycles. The van der Waals surface area contributed by atoms with Gasteiger partial charge in [0, 0.05) is 61.6 Å². The summed E-state index contributed by atoms with van der Waals surface area (Å²) in [5.41, 5.74) is 1.20. The Morgan fingerprint density at radius 2 is 2.26 bits per heavy atom. The fourth-order valence-corrected chi connectivity index (χ4v) is 6.22. The fourth-order valence-electron chi connectivity index (χ4n) is 5.26. The van der Waals surface area contributed by atoms with Crippen LogP contribution in [0.4, 0.5) is 0 Å². The van der Waals surface area contributed by atoms with Gasteiger partial charge in [0.15, 0.2) is 0 Å². The van der Waals surface area contributed by atoms with Crippen LogP contribution in [0.5, 0.6) is 0 Å². The van der Waals surface area contributed by atoms with E-state index in [0.717, 1.165) is 44.0 Å². The first-order valence-corrected chi connectivity index (χ1v) is 10.6. The third-order valence-electron chi connectivity index (χ3n) is 6.39. The number of hydrogen-bond acceptors (Lipinski definition) is 5. The van der Waals surface area contributed by atoms with Crippen LogP contribution in [-0.4, -0.2) is 47.1 Å². The van der Waals surface area contributed by atoms with Crippen LogP contribution in [0.3, 0.4) is 0 Å². The predicted molar refractivity (Wildman–Crippen MR) is 105 cm³/mol. The minimum atomic E-state index is 0.0146. The Morgan fingerprint density at radius 1 is 1.41 bits per heavy atom. The number of carbonyl (C=O) groups excluding carboxylic acids is 1. The summed E-state index contributed by atoms with van der Waals surface area (Å²) < 4.78 is 6.47. The molecule has 1 aromatic carbocycles. The van der Waals surface area contributed by atoms with Crippen LogP contribution in [0.15, 0.2) is 36.5 Å². The van der Waals surface area contributed by atoms with E-state index in [2.05, 4.69) is 39.5 Å². The summed E-state index contributed by atoms with van der Waals surface area (Å²) in [6.07, 6.45) is 4.64. The molecule has 0 aliphatic carbocycles. The van der Waals surface area contributed by atoms with Gasteiger partial charge in [-0.2, -0.15) is 0 Å². The molecule has 1 N–H and O–H groups in total. The minimum Gasteiger partial charge on any atom is -0.370 e. The van der Waals surface area contributed by atoms with Crippen molar-refractivity contribution in [1.82, 2.24) is 15.2 Å². The summed E-state index contributed by atoms with van der Waals surface area (Å²) >= 11 is 1.78. The first-order chi connectivity index (χ1) is 13.1. The highest BCUT2D eigenvalue weighted by atomic mass is 32.1. The zero-order chi connectivity index (χ0) is 18.4. The van der Waals surface area contributed by atoms with E-state index in [-0.39, 0.29) is 11.5 Å². The number of nitrogens with zero attached hydrogens (tertiary/aromatic N) is 2. The second-order valence-electron chi connectivity index (χ2n) is 8.13. The van der Waals surface area contributed by atoms with Crippen molar-refractivity contribution in [2.75, 3.05) is 19.6 Å². The lowest BCUT2D eigenvalue weighted by molar-refractivity contribution is -0.119. The van der Waals surface area contributed by atoms with Gasteiger partial charge >= 0.3 is 0 Å². The zero-order valence-electron chi connectivity index (χ0n) is 15.6. The maximum atomic E-state index is 11.4. The number of fused-ring (bicyclic) bond motifs is 1. The summed E-state index contributed by atoms with van der Waals surface area (Å²) in [5, 5.41) is 4.11. The molecule has 5 nitrogen and oxygen atoms in total. The number of benzene rings is 1. The number of rotatable bonds is 5. The molecule has 3 fully saturated rings. The van der Waals surface area contributed by atoms with Gasteiger partial charge in [0.1, 0.15) is 5.01 Å². The van der Waals surface area contributed by atoms with Crippen molar-refractivity contribution in [2.24, 2.45) is 11.8 Å². The van der Waals surface area contributed by atoms with Crippen LogP contribution in [0.1, 0.15) is 24.6 Å². The van der Waals surface area contributed by atoms with Gasteiger partial charge < -0.3 is 10.1 Å². The van der Waals surface area contributed by atoms with Crippen LogP contribution in [0, 0.1) is 11.8 Å². The van der Waals surface area contributed by atoms with Gasteiger partial charge in [-0.3, -0.25) is 9.69 Å². The fraction of sp³-hybridized carbons (Fsp3) is 0.524. The first kappa shape index (κ1) is 17.3. The smallest absolute Gasteiger partial charge is 0.216 e. The number of amides is 1. The Hall–Kier alpha value is -1.76. The van der Waals surface area contributed by atoms with Gasteiger partial charge in [-0.05, 0) is 12.8 Å². The van der Waals surface area contributed by atoms with E-state index >= 15 is 0 Å². The molecule has 1 aromatic heterocycles. The molecule has 5 rings (SSSR count). The summed E-state index contributed by atoms with van der Waals surface area (Å²) in [4.78, 5) is 19.8. The topological polar surface area (TPSA) is 54.5 Å². The Labute approximate surface area is 163 Å². The maximum Gasteiger partial charge on any atom is 0.216 e. The van der Waals surface area contributed by atoms with Crippen molar-refractivity contribution in [3.8, 4) is 10.6 Å². The lowest BCUT2D eigenvalue weighted by atomic mass is 9.73. The van der Waals surface area contributed by atoms with Gasteiger partial charge in [-0.15, -0.1) is 11.3 Å². The minimum absolute atomic E-state index is 0.0146. The molecule has 1 amide bonds. The lowest BCUT2D eigenvalue weighted by Gasteiger charge is -2.29. The summed E-state index contributed by atoms with van der Waals surface area (Å²) in [6, 6.07) is 10.4. The summed E-state index contributed by atoms with van der Waals surface area (Å²) in [7, 11) is 0. The molecule has 2 aromatic rings. The molecule has 0 saturated carbocycles. The van der Waals surface area contributed by atoms with Crippen molar-refractivity contribution in [3.05, 3.63) is 41.4 Å². The normalized spacial score (nSPS) is 32.0. The van der Waals surface area contributed by atoms with Crippen molar-refractivity contribution < 1.29 is 9.53 Å². The molecular formula is C21H25N3O2S. The molecule has 142 valence electrons. The van der Waals surface area contributed by atoms with Gasteiger partial charge in [-0.25, -0.2) is 4.98 Å². The maximum absolute atomic E-state index is 11.4. The molecule has 3 aliphatic rings. The van der Waals surface area contributed by atoms with E-state index in [1.165, 1.54) is 10.4 Å². The average Bonchev–Trinajstić information content (AvgIpc) is 3.41. The van der Waals surface area contributed by atoms with Crippen molar-refractivity contribution >= 4 is 17.2 Å². The summed E-state index contributed by atoms with van der Waals surface area (Å²) in [5.74, 6) is 1.04. The quantitative estimate of drug-likeness (QED) is 0.863. The summed E-state index contributed by atoms with van der Waals surface area (Å²) in [6.45, 7) is 5.34. The van der Waals surface area contributed by atoms with Gasteiger partial charge in [0.05, 0.1) is 11.7 Å². The van der Waals surface area contributed by atoms with Crippen LogP contribution < -0.4 is 5.32 Å². The van der Waals surface area contributed by atoms with Crippen LogP contribution in [0.2, 0.25) is 0 Å². The highest BCUT2D eigenvalue weighted by Crippen LogP contribution is 2.54. The van der Waals surface area contributed by atoms with E-state index in [4.69, 9.17) is 4.74 Å².